The molecule has 1 aromatic heterocycles. The highest BCUT2D eigenvalue weighted by Crippen LogP contribution is 2.30. The van der Waals surface area contributed by atoms with Crippen molar-refractivity contribution in [3.63, 3.8) is 0 Å². The van der Waals surface area contributed by atoms with E-state index in [-0.39, 0.29) is 12.5 Å². The van der Waals surface area contributed by atoms with Gasteiger partial charge in [0.25, 0.3) is 5.91 Å². The van der Waals surface area contributed by atoms with Crippen LogP contribution in [0.4, 0.5) is 5.69 Å². The smallest absolute Gasteiger partial charge is 0.262 e. The maximum Gasteiger partial charge on any atom is 0.262 e. The van der Waals surface area contributed by atoms with Gasteiger partial charge in [0.1, 0.15) is 11.3 Å². The number of rotatable bonds is 5. The van der Waals surface area contributed by atoms with E-state index < -0.39 is 0 Å². The normalized spacial score (nSPS) is 10.8. The van der Waals surface area contributed by atoms with Gasteiger partial charge in [-0.25, -0.2) is 4.98 Å². The van der Waals surface area contributed by atoms with Crippen LogP contribution in [0.2, 0.25) is 5.02 Å². The summed E-state index contributed by atoms with van der Waals surface area (Å²) < 4.78 is 11.3. The lowest BCUT2D eigenvalue weighted by Crippen LogP contribution is -2.20. The Morgan fingerprint density at radius 1 is 1.11 bits per heavy atom. The minimum absolute atomic E-state index is 0.0786. The number of anilines is 1. The van der Waals surface area contributed by atoms with Crippen LogP contribution in [0.5, 0.6) is 5.75 Å². The summed E-state index contributed by atoms with van der Waals surface area (Å²) in [5.74, 6) is 0.832. The average molecular weight is 393 g/mol. The van der Waals surface area contributed by atoms with Gasteiger partial charge < -0.3 is 14.5 Å². The summed E-state index contributed by atoms with van der Waals surface area (Å²) in [6, 6.07) is 20.2. The zero-order valence-electron chi connectivity index (χ0n) is 15.1. The number of aromatic nitrogens is 1. The van der Waals surface area contributed by atoms with Gasteiger partial charge in [0.2, 0.25) is 5.89 Å². The Morgan fingerprint density at radius 2 is 1.89 bits per heavy atom. The minimum atomic E-state index is -0.255. The maximum absolute atomic E-state index is 12.2. The first-order valence-electron chi connectivity index (χ1n) is 8.73. The number of nitrogens with zero attached hydrogens (tertiary/aromatic N) is 1. The second-order valence-corrected chi connectivity index (χ2v) is 6.74. The molecule has 0 aliphatic heterocycles. The highest BCUT2D eigenvalue weighted by Gasteiger charge is 2.12. The van der Waals surface area contributed by atoms with Gasteiger partial charge in [0, 0.05) is 5.69 Å². The number of hydrogen-bond donors (Lipinski definition) is 1. The van der Waals surface area contributed by atoms with Gasteiger partial charge in [-0.3, -0.25) is 4.79 Å². The molecular weight excluding hydrogens is 376 g/mol. The third-order valence-corrected chi connectivity index (χ3v) is 4.50. The largest absolute Gasteiger partial charge is 0.484 e. The first-order chi connectivity index (χ1) is 13.6. The monoisotopic (exact) mass is 392 g/mol. The van der Waals surface area contributed by atoms with E-state index in [2.05, 4.69) is 10.3 Å². The number of carbonyl (C=O) groups excluding carboxylic acids is 1. The van der Waals surface area contributed by atoms with E-state index >= 15 is 0 Å². The number of fused-ring (bicyclic) bond motifs is 1. The summed E-state index contributed by atoms with van der Waals surface area (Å²) in [4.78, 5) is 16.6. The first-order valence-corrected chi connectivity index (χ1v) is 9.11. The fraction of sp³-hybridized carbons (Fsp3) is 0.0909. The van der Waals surface area contributed by atoms with Crippen molar-refractivity contribution in [1.82, 2.24) is 4.98 Å². The Morgan fingerprint density at radius 3 is 2.68 bits per heavy atom. The van der Waals surface area contributed by atoms with E-state index in [1.807, 2.05) is 49.4 Å². The van der Waals surface area contributed by atoms with Crippen LogP contribution in [0.15, 0.2) is 71.1 Å². The van der Waals surface area contributed by atoms with E-state index in [1.54, 1.807) is 24.3 Å². The number of oxazole rings is 1. The van der Waals surface area contributed by atoms with E-state index in [0.29, 0.717) is 33.4 Å². The molecule has 28 heavy (non-hydrogen) atoms. The number of carbonyl (C=O) groups is 1. The third kappa shape index (κ3) is 4.00. The molecule has 3 aromatic carbocycles. The van der Waals surface area contributed by atoms with Crippen molar-refractivity contribution in [2.75, 3.05) is 11.9 Å². The van der Waals surface area contributed by atoms with Gasteiger partial charge >= 0.3 is 0 Å². The number of benzene rings is 3. The van der Waals surface area contributed by atoms with Gasteiger partial charge in [0.15, 0.2) is 12.2 Å². The molecule has 0 fully saturated rings. The molecule has 6 heteroatoms. The number of nitrogens with one attached hydrogen (secondary N) is 1. The topological polar surface area (TPSA) is 64.4 Å². The lowest BCUT2D eigenvalue weighted by molar-refractivity contribution is -0.118. The Hall–Kier alpha value is -3.31. The Balaban J connectivity index is 1.46. The maximum atomic E-state index is 12.2. The summed E-state index contributed by atoms with van der Waals surface area (Å²) in [5, 5.41) is 3.37. The van der Waals surface area contributed by atoms with Crippen LogP contribution in [0, 0.1) is 6.92 Å². The molecule has 1 amide bonds. The lowest BCUT2D eigenvalue weighted by atomic mass is 10.2. The molecule has 0 unspecified atom stereocenters. The van der Waals surface area contributed by atoms with Crippen LogP contribution in [0.25, 0.3) is 22.6 Å². The van der Waals surface area contributed by atoms with Crippen molar-refractivity contribution >= 4 is 34.3 Å². The molecule has 0 radical (unpaired) electrons. The molecule has 0 atom stereocenters. The first kappa shape index (κ1) is 18.1. The molecule has 0 saturated heterocycles. The fourth-order valence-corrected chi connectivity index (χ4v) is 2.95. The summed E-state index contributed by atoms with van der Waals surface area (Å²) >= 11 is 6.21. The van der Waals surface area contributed by atoms with Crippen LogP contribution in [-0.4, -0.2) is 17.5 Å². The molecule has 1 heterocycles. The molecular formula is C22H17ClN2O3. The van der Waals surface area contributed by atoms with Crippen LogP contribution >= 0.6 is 11.6 Å². The van der Waals surface area contributed by atoms with Crippen molar-refractivity contribution in [2.45, 2.75) is 6.92 Å². The molecule has 4 aromatic rings. The molecule has 4 rings (SSSR count). The van der Waals surface area contributed by atoms with Crippen LogP contribution < -0.4 is 10.1 Å². The summed E-state index contributed by atoms with van der Waals surface area (Å²) in [6.45, 7) is 1.92. The van der Waals surface area contributed by atoms with E-state index in [9.17, 15) is 4.79 Å². The molecule has 0 spiro atoms. The van der Waals surface area contributed by atoms with Crippen LogP contribution in [0.3, 0.4) is 0 Å². The zero-order chi connectivity index (χ0) is 19.5. The molecule has 140 valence electrons. The molecule has 0 aliphatic carbocycles. The fourth-order valence-electron chi connectivity index (χ4n) is 2.74. The minimum Gasteiger partial charge on any atom is -0.484 e. The Bertz CT molecular complexity index is 1140. The Kier molecular flexibility index (Phi) is 5.00. The highest BCUT2D eigenvalue weighted by atomic mass is 35.5. The Labute approximate surface area is 166 Å². The van der Waals surface area contributed by atoms with Crippen molar-refractivity contribution in [1.29, 1.82) is 0 Å². The molecule has 5 nitrogen and oxygen atoms in total. The summed E-state index contributed by atoms with van der Waals surface area (Å²) in [5.41, 5.74) is 3.71. The highest BCUT2D eigenvalue weighted by molar-refractivity contribution is 6.33. The van der Waals surface area contributed by atoms with Gasteiger partial charge in [0.05, 0.1) is 10.6 Å². The second kappa shape index (κ2) is 7.74. The van der Waals surface area contributed by atoms with E-state index in [4.69, 9.17) is 20.8 Å². The van der Waals surface area contributed by atoms with Crippen molar-refractivity contribution in [2.24, 2.45) is 0 Å². The number of hydrogen-bond acceptors (Lipinski definition) is 4. The number of halogens is 1. The van der Waals surface area contributed by atoms with Crippen molar-refractivity contribution < 1.29 is 13.9 Å². The second-order valence-electron chi connectivity index (χ2n) is 6.33. The number of ether oxygens (including phenoxy) is 1. The molecule has 0 saturated carbocycles. The summed E-state index contributed by atoms with van der Waals surface area (Å²) in [7, 11) is 0. The standard InChI is InChI=1S/C22H17ClN2O3/c1-14-6-9-16(10-7-14)27-13-21(26)24-15-8-11-20-19(12-15)25-22(28-20)17-4-2-3-5-18(17)23/h2-12H,13H2,1H3,(H,24,26). The molecule has 1 N–H and O–H groups in total. The van der Waals surface area contributed by atoms with Crippen LogP contribution in [-0.2, 0) is 4.79 Å². The predicted octanol–water partition coefficient (Wildman–Crippen LogP) is 5.47. The van der Waals surface area contributed by atoms with Crippen LogP contribution in [0.1, 0.15) is 5.56 Å². The van der Waals surface area contributed by atoms with Gasteiger partial charge in [-0.2, -0.15) is 0 Å². The van der Waals surface area contributed by atoms with Gasteiger partial charge in [-0.1, -0.05) is 41.4 Å². The van der Waals surface area contributed by atoms with E-state index in [1.165, 1.54) is 0 Å². The zero-order valence-corrected chi connectivity index (χ0v) is 15.9. The number of aryl methyl sites for hydroxylation is 1. The third-order valence-electron chi connectivity index (χ3n) is 4.17. The SMILES string of the molecule is Cc1ccc(OCC(=O)Nc2ccc3oc(-c4ccccc4Cl)nc3c2)cc1. The lowest BCUT2D eigenvalue weighted by Gasteiger charge is -2.07. The van der Waals surface area contributed by atoms with Gasteiger partial charge in [-0.05, 0) is 49.4 Å². The van der Waals surface area contributed by atoms with Crippen molar-refractivity contribution in [3.05, 3.63) is 77.3 Å². The molecule has 0 aliphatic rings. The average Bonchev–Trinajstić information content (AvgIpc) is 3.11. The number of amides is 1. The predicted molar refractivity (Wildman–Crippen MR) is 110 cm³/mol. The van der Waals surface area contributed by atoms with E-state index in [0.717, 1.165) is 11.1 Å². The quantitative estimate of drug-likeness (QED) is 0.488. The summed E-state index contributed by atoms with van der Waals surface area (Å²) in [6.07, 6.45) is 0. The molecule has 0 bridgehead atoms. The van der Waals surface area contributed by atoms with Crippen molar-refractivity contribution in [3.8, 4) is 17.2 Å². The van der Waals surface area contributed by atoms with Gasteiger partial charge in [-0.15, -0.1) is 0 Å².